The standard InChI is InChI=1S/C21H30N4O/c1-16(2)13-20(25-17(3)19-7-5-4-6-8-19)15-24-21(26)23-14-18-9-11-22-12-10-18/h4-12,16-17,20,25H,13-15H2,1-3H3,(H2,23,24,26)/t17-,20+/m0/s1. The summed E-state index contributed by atoms with van der Waals surface area (Å²) >= 11 is 0. The van der Waals surface area contributed by atoms with Crippen molar-refractivity contribution in [1.29, 1.82) is 0 Å². The van der Waals surface area contributed by atoms with Crippen molar-refractivity contribution in [3.8, 4) is 0 Å². The van der Waals surface area contributed by atoms with Crippen molar-refractivity contribution < 1.29 is 4.79 Å². The second kappa shape index (κ2) is 10.6. The van der Waals surface area contributed by atoms with Crippen LogP contribution in [0.15, 0.2) is 54.9 Å². The SMILES string of the molecule is CC(C)C[C@H](CNC(=O)NCc1ccncc1)N[C@@H](C)c1ccccc1. The number of amides is 2. The molecule has 3 N–H and O–H groups in total. The molecule has 0 aliphatic rings. The van der Waals surface area contributed by atoms with E-state index in [4.69, 9.17) is 0 Å². The topological polar surface area (TPSA) is 66.0 Å². The van der Waals surface area contributed by atoms with Gasteiger partial charge in [-0.3, -0.25) is 4.98 Å². The fourth-order valence-corrected chi connectivity index (χ4v) is 2.93. The maximum atomic E-state index is 12.1. The van der Waals surface area contributed by atoms with Crippen molar-refractivity contribution in [2.24, 2.45) is 5.92 Å². The van der Waals surface area contributed by atoms with E-state index in [0.29, 0.717) is 19.0 Å². The molecule has 0 fully saturated rings. The van der Waals surface area contributed by atoms with Gasteiger partial charge in [-0.05, 0) is 42.5 Å². The summed E-state index contributed by atoms with van der Waals surface area (Å²) in [5.74, 6) is 0.553. The summed E-state index contributed by atoms with van der Waals surface area (Å²) in [4.78, 5) is 16.1. The first-order valence-corrected chi connectivity index (χ1v) is 9.26. The summed E-state index contributed by atoms with van der Waals surface area (Å²) in [6.07, 6.45) is 4.45. The maximum Gasteiger partial charge on any atom is 0.315 e. The molecule has 0 saturated carbocycles. The van der Waals surface area contributed by atoms with Crippen LogP contribution in [-0.2, 0) is 6.54 Å². The predicted octanol–water partition coefficient (Wildman–Crippen LogP) is 3.65. The van der Waals surface area contributed by atoms with Gasteiger partial charge in [0.05, 0.1) is 0 Å². The average molecular weight is 354 g/mol. The smallest absolute Gasteiger partial charge is 0.315 e. The molecule has 2 amide bonds. The number of nitrogens with zero attached hydrogens (tertiary/aromatic N) is 1. The molecule has 0 aliphatic carbocycles. The van der Waals surface area contributed by atoms with E-state index in [9.17, 15) is 4.79 Å². The van der Waals surface area contributed by atoms with Crippen molar-refractivity contribution in [1.82, 2.24) is 20.9 Å². The zero-order valence-corrected chi connectivity index (χ0v) is 15.9. The van der Waals surface area contributed by atoms with E-state index in [-0.39, 0.29) is 18.1 Å². The van der Waals surface area contributed by atoms with Gasteiger partial charge in [0.15, 0.2) is 0 Å². The van der Waals surface area contributed by atoms with E-state index in [1.165, 1.54) is 5.56 Å². The van der Waals surface area contributed by atoms with Gasteiger partial charge in [0.1, 0.15) is 0 Å². The van der Waals surface area contributed by atoms with Crippen LogP contribution < -0.4 is 16.0 Å². The lowest BCUT2D eigenvalue weighted by Gasteiger charge is -2.25. The molecule has 0 spiro atoms. The van der Waals surface area contributed by atoms with Gasteiger partial charge >= 0.3 is 6.03 Å². The Labute approximate surface area is 156 Å². The maximum absolute atomic E-state index is 12.1. The molecule has 5 nitrogen and oxygen atoms in total. The van der Waals surface area contributed by atoms with Crippen LogP contribution >= 0.6 is 0 Å². The molecule has 140 valence electrons. The summed E-state index contributed by atoms with van der Waals surface area (Å²) in [6.45, 7) is 7.65. The molecular weight excluding hydrogens is 324 g/mol. The van der Waals surface area contributed by atoms with Crippen molar-refractivity contribution in [2.45, 2.75) is 45.8 Å². The van der Waals surface area contributed by atoms with Gasteiger partial charge in [-0.2, -0.15) is 0 Å². The number of hydrogen-bond acceptors (Lipinski definition) is 3. The summed E-state index contributed by atoms with van der Waals surface area (Å²) in [5.41, 5.74) is 2.29. The number of rotatable bonds is 9. The van der Waals surface area contributed by atoms with Crippen molar-refractivity contribution in [3.63, 3.8) is 0 Å². The fraction of sp³-hybridized carbons (Fsp3) is 0.429. The molecule has 2 aromatic rings. The largest absolute Gasteiger partial charge is 0.337 e. The number of pyridine rings is 1. The monoisotopic (exact) mass is 354 g/mol. The number of hydrogen-bond donors (Lipinski definition) is 3. The molecule has 0 unspecified atom stereocenters. The summed E-state index contributed by atoms with van der Waals surface area (Å²) in [5, 5.41) is 9.52. The second-order valence-corrected chi connectivity index (χ2v) is 7.04. The molecule has 26 heavy (non-hydrogen) atoms. The molecule has 2 atom stereocenters. The highest BCUT2D eigenvalue weighted by atomic mass is 16.2. The first kappa shape index (κ1) is 19.9. The number of carbonyl (C=O) groups is 1. The van der Waals surface area contributed by atoms with Crippen molar-refractivity contribution in [2.75, 3.05) is 6.54 Å². The molecule has 1 aromatic heterocycles. The van der Waals surface area contributed by atoms with Gasteiger partial charge in [0.2, 0.25) is 0 Å². The van der Waals surface area contributed by atoms with E-state index in [0.717, 1.165) is 12.0 Å². The van der Waals surface area contributed by atoms with Gasteiger partial charge < -0.3 is 16.0 Å². The predicted molar refractivity (Wildman–Crippen MR) is 106 cm³/mol. The summed E-state index contributed by atoms with van der Waals surface area (Å²) < 4.78 is 0. The van der Waals surface area contributed by atoms with E-state index in [1.54, 1.807) is 12.4 Å². The Morgan fingerprint density at radius 3 is 2.35 bits per heavy atom. The van der Waals surface area contributed by atoms with Crippen LogP contribution in [0.4, 0.5) is 4.79 Å². The van der Waals surface area contributed by atoms with Crippen LogP contribution in [0.1, 0.15) is 44.4 Å². The van der Waals surface area contributed by atoms with Gasteiger partial charge in [-0.1, -0.05) is 44.2 Å². The molecule has 0 saturated heterocycles. The van der Waals surface area contributed by atoms with Gasteiger partial charge in [0, 0.05) is 37.6 Å². The molecule has 1 aromatic carbocycles. The minimum absolute atomic E-state index is 0.148. The molecule has 5 heteroatoms. The Hall–Kier alpha value is -2.40. The van der Waals surface area contributed by atoms with Crippen molar-refractivity contribution in [3.05, 3.63) is 66.0 Å². The lowest BCUT2D eigenvalue weighted by Crippen LogP contribution is -2.45. The van der Waals surface area contributed by atoms with Crippen molar-refractivity contribution >= 4 is 6.03 Å². The summed E-state index contributed by atoms with van der Waals surface area (Å²) in [6, 6.07) is 14.5. The number of aromatic nitrogens is 1. The normalized spacial score (nSPS) is 13.2. The zero-order valence-electron chi connectivity index (χ0n) is 15.9. The van der Waals surface area contributed by atoms with Gasteiger partial charge in [0.25, 0.3) is 0 Å². The zero-order chi connectivity index (χ0) is 18.8. The van der Waals surface area contributed by atoms with Crippen LogP contribution in [0.3, 0.4) is 0 Å². The highest BCUT2D eigenvalue weighted by Crippen LogP contribution is 2.14. The Bertz CT molecular complexity index is 646. The third-order valence-electron chi connectivity index (χ3n) is 4.25. The van der Waals surface area contributed by atoms with Crippen LogP contribution in [0.25, 0.3) is 0 Å². The highest BCUT2D eigenvalue weighted by Gasteiger charge is 2.16. The molecular formula is C21H30N4O. The Balaban J connectivity index is 1.82. The first-order valence-electron chi connectivity index (χ1n) is 9.26. The number of nitrogens with one attached hydrogen (secondary N) is 3. The van der Waals surface area contributed by atoms with E-state index in [1.807, 2.05) is 18.2 Å². The number of urea groups is 1. The molecule has 0 radical (unpaired) electrons. The minimum atomic E-state index is -0.148. The van der Waals surface area contributed by atoms with Gasteiger partial charge in [-0.15, -0.1) is 0 Å². The quantitative estimate of drug-likeness (QED) is 0.644. The Kier molecular flexibility index (Phi) is 8.09. The van der Waals surface area contributed by atoms with Crippen LogP contribution in [-0.4, -0.2) is 23.6 Å². The second-order valence-electron chi connectivity index (χ2n) is 7.04. The first-order chi connectivity index (χ1) is 12.5. The molecule has 1 heterocycles. The van der Waals surface area contributed by atoms with Crippen LogP contribution in [0.2, 0.25) is 0 Å². The van der Waals surface area contributed by atoms with E-state index in [2.05, 4.69) is 66.0 Å². The lowest BCUT2D eigenvalue weighted by atomic mass is 10.0. The van der Waals surface area contributed by atoms with E-state index < -0.39 is 0 Å². The van der Waals surface area contributed by atoms with Crippen LogP contribution in [0.5, 0.6) is 0 Å². The van der Waals surface area contributed by atoms with Gasteiger partial charge in [-0.25, -0.2) is 4.79 Å². The Morgan fingerprint density at radius 1 is 1.00 bits per heavy atom. The number of carbonyl (C=O) groups excluding carboxylic acids is 1. The lowest BCUT2D eigenvalue weighted by molar-refractivity contribution is 0.237. The average Bonchev–Trinajstić information content (AvgIpc) is 2.65. The highest BCUT2D eigenvalue weighted by molar-refractivity contribution is 5.73. The van der Waals surface area contributed by atoms with Crippen LogP contribution in [0, 0.1) is 5.92 Å². The molecule has 0 bridgehead atoms. The Morgan fingerprint density at radius 2 is 1.69 bits per heavy atom. The third kappa shape index (κ3) is 7.23. The number of benzene rings is 1. The fourth-order valence-electron chi connectivity index (χ4n) is 2.93. The summed E-state index contributed by atoms with van der Waals surface area (Å²) in [7, 11) is 0. The molecule has 2 rings (SSSR count). The minimum Gasteiger partial charge on any atom is -0.337 e. The molecule has 0 aliphatic heterocycles. The van der Waals surface area contributed by atoms with E-state index >= 15 is 0 Å². The third-order valence-corrected chi connectivity index (χ3v) is 4.25.